The maximum absolute atomic E-state index is 11.5. The monoisotopic (exact) mass is 382 g/mol. The van der Waals surface area contributed by atoms with Gasteiger partial charge >= 0.3 is 0 Å². The highest BCUT2D eigenvalue weighted by Crippen LogP contribution is 2.36. The van der Waals surface area contributed by atoms with Crippen LogP contribution in [0.1, 0.15) is 35.4 Å². The topological polar surface area (TPSA) is 74.6 Å². The van der Waals surface area contributed by atoms with Crippen molar-refractivity contribution in [2.45, 2.75) is 30.1 Å². The van der Waals surface area contributed by atoms with Crippen LogP contribution < -0.4 is 0 Å². The van der Waals surface area contributed by atoms with Crippen LogP contribution in [0, 0.1) is 0 Å². The molecule has 0 saturated carbocycles. The second kappa shape index (κ2) is 7.94. The maximum atomic E-state index is 11.5. The van der Waals surface area contributed by atoms with Gasteiger partial charge in [0.15, 0.2) is 0 Å². The van der Waals surface area contributed by atoms with E-state index in [2.05, 4.69) is 31.2 Å². The number of aromatic hydroxyl groups is 1. The molecule has 0 amide bonds. The summed E-state index contributed by atoms with van der Waals surface area (Å²) in [4.78, 5) is -0.459. The van der Waals surface area contributed by atoms with Crippen LogP contribution in [-0.2, 0) is 16.5 Å². The molecule has 0 fully saturated rings. The Morgan fingerprint density at radius 1 is 0.852 bits per heavy atom. The average molecular weight is 382 g/mol. The standard InChI is InChI=1S/C22H22O4S/c1-16(18-8-4-2-5-9-18)20(19-10-6-3-7-11-19)14-17-12-13-21(23)22(15-17)27(24,25)26/h2-13,15-16,20,23H,14H2,1H3,(H,24,25,26). The van der Waals surface area contributed by atoms with E-state index in [9.17, 15) is 18.1 Å². The lowest BCUT2D eigenvalue weighted by molar-refractivity contribution is 0.442. The van der Waals surface area contributed by atoms with E-state index in [0.29, 0.717) is 6.42 Å². The Balaban J connectivity index is 2.00. The van der Waals surface area contributed by atoms with E-state index in [1.54, 1.807) is 6.07 Å². The quantitative estimate of drug-likeness (QED) is 0.602. The van der Waals surface area contributed by atoms with Crippen LogP contribution >= 0.6 is 0 Å². The lowest BCUT2D eigenvalue weighted by Gasteiger charge is -2.25. The summed E-state index contributed by atoms with van der Waals surface area (Å²) >= 11 is 0. The zero-order valence-corrected chi connectivity index (χ0v) is 15.8. The third-order valence-electron chi connectivity index (χ3n) is 4.91. The molecule has 0 aromatic heterocycles. The van der Waals surface area contributed by atoms with E-state index in [0.717, 1.165) is 11.1 Å². The van der Waals surface area contributed by atoms with Crippen LogP contribution in [0.25, 0.3) is 0 Å². The van der Waals surface area contributed by atoms with Crippen LogP contribution in [0.2, 0.25) is 0 Å². The Hall–Kier alpha value is -2.63. The molecule has 0 spiro atoms. The number of benzene rings is 3. The molecule has 3 aromatic carbocycles. The summed E-state index contributed by atoms with van der Waals surface area (Å²) < 4.78 is 32.4. The van der Waals surface area contributed by atoms with Crippen molar-refractivity contribution in [3.8, 4) is 5.75 Å². The molecule has 0 aliphatic rings. The van der Waals surface area contributed by atoms with E-state index in [4.69, 9.17) is 0 Å². The van der Waals surface area contributed by atoms with Gasteiger partial charge in [-0.05, 0) is 47.1 Å². The average Bonchev–Trinajstić information content (AvgIpc) is 2.67. The van der Waals surface area contributed by atoms with Crippen LogP contribution in [-0.4, -0.2) is 18.1 Å². The molecular weight excluding hydrogens is 360 g/mol. The highest BCUT2D eigenvalue weighted by atomic mass is 32.2. The molecule has 140 valence electrons. The predicted molar refractivity (Wildman–Crippen MR) is 106 cm³/mol. The minimum atomic E-state index is -4.48. The van der Waals surface area contributed by atoms with E-state index in [1.165, 1.54) is 17.7 Å². The van der Waals surface area contributed by atoms with Crippen molar-refractivity contribution in [3.05, 3.63) is 95.6 Å². The van der Waals surface area contributed by atoms with Crippen LogP contribution in [0.5, 0.6) is 5.75 Å². The summed E-state index contributed by atoms with van der Waals surface area (Å²) in [6.07, 6.45) is 0.572. The molecule has 0 bridgehead atoms. The summed E-state index contributed by atoms with van der Waals surface area (Å²) in [6, 6.07) is 24.6. The second-order valence-corrected chi connectivity index (χ2v) is 8.09. The van der Waals surface area contributed by atoms with Gasteiger partial charge in [-0.15, -0.1) is 0 Å². The summed E-state index contributed by atoms with van der Waals surface area (Å²) in [5.41, 5.74) is 3.08. The van der Waals surface area contributed by atoms with Gasteiger partial charge in [-0.2, -0.15) is 8.42 Å². The van der Waals surface area contributed by atoms with Crippen LogP contribution in [0.15, 0.2) is 83.8 Å². The molecule has 0 heterocycles. The van der Waals surface area contributed by atoms with Crippen LogP contribution in [0.4, 0.5) is 0 Å². The number of hydrogen-bond acceptors (Lipinski definition) is 3. The van der Waals surface area contributed by atoms with Gasteiger partial charge in [-0.3, -0.25) is 4.55 Å². The van der Waals surface area contributed by atoms with Crippen LogP contribution in [0.3, 0.4) is 0 Å². The zero-order valence-electron chi connectivity index (χ0n) is 15.0. The lowest BCUT2D eigenvalue weighted by Crippen LogP contribution is -2.12. The minimum absolute atomic E-state index is 0.104. The van der Waals surface area contributed by atoms with Gasteiger partial charge in [0, 0.05) is 0 Å². The Bertz CT molecular complexity index is 999. The van der Waals surface area contributed by atoms with Gasteiger partial charge in [0.25, 0.3) is 10.1 Å². The van der Waals surface area contributed by atoms with Gasteiger partial charge in [-0.25, -0.2) is 0 Å². The Morgan fingerprint density at radius 2 is 1.41 bits per heavy atom. The first kappa shape index (κ1) is 19.1. The number of phenols is 1. The van der Waals surface area contributed by atoms with Crippen molar-refractivity contribution in [1.82, 2.24) is 0 Å². The second-order valence-electron chi connectivity index (χ2n) is 6.70. The fraction of sp³-hybridized carbons (Fsp3) is 0.182. The van der Waals surface area contributed by atoms with E-state index in [-0.39, 0.29) is 11.8 Å². The van der Waals surface area contributed by atoms with Crippen molar-refractivity contribution in [1.29, 1.82) is 0 Å². The Kier molecular flexibility index (Phi) is 5.63. The van der Waals surface area contributed by atoms with Gasteiger partial charge in [-0.1, -0.05) is 73.7 Å². The van der Waals surface area contributed by atoms with E-state index in [1.807, 2.05) is 36.4 Å². The van der Waals surface area contributed by atoms with Gasteiger partial charge in [0.2, 0.25) is 0 Å². The third-order valence-corrected chi connectivity index (χ3v) is 5.80. The van der Waals surface area contributed by atoms with Gasteiger partial charge < -0.3 is 5.11 Å². The minimum Gasteiger partial charge on any atom is -0.506 e. The molecule has 0 aliphatic heterocycles. The van der Waals surface area contributed by atoms with E-state index >= 15 is 0 Å². The highest BCUT2D eigenvalue weighted by molar-refractivity contribution is 7.86. The number of rotatable bonds is 6. The summed E-state index contributed by atoms with van der Waals surface area (Å²) in [7, 11) is -4.48. The largest absolute Gasteiger partial charge is 0.506 e. The van der Waals surface area contributed by atoms with Crippen molar-refractivity contribution >= 4 is 10.1 Å². The molecule has 0 radical (unpaired) electrons. The Morgan fingerprint density at radius 3 is 1.96 bits per heavy atom. The molecule has 27 heavy (non-hydrogen) atoms. The van der Waals surface area contributed by atoms with E-state index < -0.39 is 20.8 Å². The smallest absolute Gasteiger partial charge is 0.298 e. The van der Waals surface area contributed by atoms with Gasteiger partial charge in [0.1, 0.15) is 10.6 Å². The molecule has 0 saturated heterocycles. The molecule has 2 atom stereocenters. The van der Waals surface area contributed by atoms with Crippen molar-refractivity contribution in [2.75, 3.05) is 0 Å². The molecule has 2 unspecified atom stereocenters. The SMILES string of the molecule is CC(c1ccccc1)C(Cc1ccc(O)c(S(=O)(=O)O)c1)c1ccccc1. The zero-order chi connectivity index (χ0) is 19.4. The van der Waals surface area contributed by atoms with Crippen molar-refractivity contribution in [2.24, 2.45) is 0 Å². The first-order valence-corrected chi connectivity index (χ1v) is 10.2. The first-order chi connectivity index (χ1) is 12.9. The predicted octanol–water partition coefficient (Wildman–Crippen LogP) is 4.77. The summed E-state index contributed by atoms with van der Waals surface area (Å²) in [5, 5.41) is 9.77. The summed E-state index contributed by atoms with van der Waals surface area (Å²) in [5.74, 6) is -0.155. The molecule has 5 heteroatoms. The lowest BCUT2D eigenvalue weighted by atomic mass is 9.79. The third kappa shape index (κ3) is 4.56. The maximum Gasteiger partial charge on any atom is 0.298 e. The highest BCUT2D eigenvalue weighted by Gasteiger charge is 2.23. The fourth-order valence-electron chi connectivity index (χ4n) is 3.42. The molecule has 2 N–H and O–H groups in total. The Labute approximate surface area is 159 Å². The molecule has 3 rings (SSSR count). The fourth-order valence-corrected chi connectivity index (χ4v) is 4.05. The number of phenolic OH excluding ortho intramolecular Hbond substituents is 1. The molecular formula is C22H22O4S. The first-order valence-electron chi connectivity index (χ1n) is 8.75. The summed E-state index contributed by atoms with van der Waals surface area (Å²) in [6.45, 7) is 2.15. The normalized spacial score (nSPS) is 13.9. The molecule has 0 aliphatic carbocycles. The van der Waals surface area contributed by atoms with Gasteiger partial charge in [0.05, 0.1) is 0 Å². The number of hydrogen-bond donors (Lipinski definition) is 2. The molecule has 4 nitrogen and oxygen atoms in total. The molecule has 3 aromatic rings. The van der Waals surface area contributed by atoms with Crippen molar-refractivity contribution < 1.29 is 18.1 Å². The van der Waals surface area contributed by atoms with Crippen molar-refractivity contribution in [3.63, 3.8) is 0 Å².